The number of allylic oxidation sites excluding steroid dienone is 1. The number of carboxylic acids is 1. The van der Waals surface area contributed by atoms with Crippen LogP contribution in [0.5, 0.6) is 0 Å². The van der Waals surface area contributed by atoms with Gasteiger partial charge in [-0.3, -0.25) is 14.4 Å². The van der Waals surface area contributed by atoms with E-state index in [1.807, 2.05) is 0 Å². The highest BCUT2D eigenvalue weighted by Gasteiger charge is 2.72. The van der Waals surface area contributed by atoms with Gasteiger partial charge in [0.1, 0.15) is 18.2 Å². The van der Waals surface area contributed by atoms with Crippen LogP contribution in [0.15, 0.2) is 11.6 Å². The van der Waals surface area contributed by atoms with Crippen molar-refractivity contribution in [2.75, 3.05) is 25.5 Å². The fourth-order valence-corrected chi connectivity index (χ4v) is 12.9. The van der Waals surface area contributed by atoms with E-state index in [0.717, 1.165) is 25.7 Å². The molecule has 11 nitrogen and oxygen atoms in total. The predicted molar refractivity (Wildman–Crippen MR) is 198 cm³/mol. The first kappa shape index (κ1) is 41.1. The molecular formula is C40H66N2O9S. The molecular weight excluding hydrogens is 685 g/mol. The number of ether oxygens (including phenoxy) is 3. The lowest BCUT2D eigenvalue weighted by Gasteiger charge is -2.71. The third-order valence-electron chi connectivity index (χ3n) is 15.6. The molecule has 0 aromatic rings. The summed E-state index contributed by atoms with van der Waals surface area (Å²) < 4.78 is 44.8. The molecule has 296 valence electrons. The van der Waals surface area contributed by atoms with Crippen LogP contribution in [-0.4, -0.2) is 75.2 Å². The number of carbonyl (C=O) groups excluding carboxylic acids is 2. The van der Waals surface area contributed by atoms with Crippen molar-refractivity contribution in [2.45, 2.75) is 138 Å². The fraction of sp³-hybridized carbons (Fsp3) is 0.875. The number of sulfonamides is 1. The summed E-state index contributed by atoms with van der Waals surface area (Å²) in [7, 11) is -3.29. The van der Waals surface area contributed by atoms with Crippen LogP contribution < -0.4 is 10.5 Å². The molecule has 5 rings (SSSR count). The lowest BCUT2D eigenvalue weighted by atomic mass is 9.34. The molecule has 52 heavy (non-hydrogen) atoms. The highest BCUT2D eigenvalue weighted by Crippen LogP contribution is 2.75. The van der Waals surface area contributed by atoms with Crippen LogP contribution >= 0.6 is 0 Å². The number of rotatable bonds is 13. The van der Waals surface area contributed by atoms with Crippen molar-refractivity contribution in [1.29, 1.82) is 0 Å². The first-order valence-corrected chi connectivity index (χ1v) is 21.4. The molecule has 2 bridgehead atoms. The molecule has 12 atom stereocenters. The van der Waals surface area contributed by atoms with Crippen LogP contribution in [0.3, 0.4) is 0 Å². The van der Waals surface area contributed by atoms with Gasteiger partial charge in [0, 0.05) is 24.3 Å². The lowest BCUT2D eigenvalue weighted by Crippen LogP contribution is -2.70. The van der Waals surface area contributed by atoms with Crippen molar-refractivity contribution in [3.63, 3.8) is 0 Å². The summed E-state index contributed by atoms with van der Waals surface area (Å²) in [4.78, 5) is 39.6. The van der Waals surface area contributed by atoms with E-state index in [1.165, 1.54) is 12.5 Å². The highest BCUT2D eigenvalue weighted by atomic mass is 32.2. The van der Waals surface area contributed by atoms with Crippen LogP contribution in [0.2, 0.25) is 0 Å². The third-order valence-corrected chi connectivity index (χ3v) is 17.0. The van der Waals surface area contributed by atoms with Gasteiger partial charge in [-0.2, -0.15) is 0 Å². The van der Waals surface area contributed by atoms with Gasteiger partial charge in [0.05, 0.1) is 24.9 Å². The minimum Gasteiger partial charge on any atom is -0.481 e. The summed E-state index contributed by atoms with van der Waals surface area (Å²) in [5.41, 5.74) is 5.51. The highest BCUT2D eigenvalue weighted by molar-refractivity contribution is 7.89. The fourth-order valence-electron chi connectivity index (χ4n) is 12.3. The molecule has 3 saturated carbocycles. The Kier molecular flexibility index (Phi) is 11.5. The SMILES string of the molecule is CCS(=O)(=O)NCCCCC(N)C(=O)O[C@H]1[C@H](OC(C)=O)C[C@]23COC[C@]1(C)[C@@H]2CC[C@H]1C3=CC[C@@]2(C)[C@H](C(=O)O)[C@@](C)([C@H](C)C(C)C)CC[C@]12C. The Balaban J connectivity index is 1.43. The van der Waals surface area contributed by atoms with E-state index in [4.69, 9.17) is 19.9 Å². The molecule has 0 amide bonds. The van der Waals surface area contributed by atoms with Gasteiger partial charge < -0.3 is 25.1 Å². The van der Waals surface area contributed by atoms with E-state index in [0.29, 0.717) is 51.2 Å². The summed E-state index contributed by atoms with van der Waals surface area (Å²) in [5, 5.41) is 11.0. The Morgan fingerprint density at radius 2 is 1.73 bits per heavy atom. The molecule has 5 aliphatic rings. The number of unbranched alkanes of at least 4 members (excludes halogenated alkanes) is 1. The molecule has 12 heteroatoms. The average Bonchev–Trinajstić information content (AvgIpc) is 3.05. The van der Waals surface area contributed by atoms with Crippen molar-refractivity contribution in [3.8, 4) is 0 Å². The number of fused-ring (bicyclic) bond motifs is 3. The normalized spacial score (nSPS) is 41.1. The molecule has 4 fully saturated rings. The van der Waals surface area contributed by atoms with Gasteiger partial charge in [-0.1, -0.05) is 66.5 Å². The molecule has 0 spiro atoms. The maximum Gasteiger partial charge on any atom is 0.323 e. The van der Waals surface area contributed by atoms with Crippen LogP contribution in [0.25, 0.3) is 0 Å². The number of carbonyl (C=O) groups is 3. The van der Waals surface area contributed by atoms with E-state index < -0.39 is 68.3 Å². The summed E-state index contributed by atoms with van der Waals surface area (Å²) in [6.45, 7) is 19.6. The lowest BCUT2D eigenvalue weighted by molar-refractivity contribution is -0.263. The van der Waals surface area contributed by atoms with Crippen molar-refractivity contribution in [3.05, 3.63) is 11.6 Å². The largest absolute Gasteiger partial charge is 0.481 e. The summed E-state index contributed by atoms with van der Waals surface area (Å²) in [5.74, 6) is -1.32. The Morgan fingerprint density at radius 3 is 2.35 bits per heavy atom. The van der Waals surface area contributed by atoms with Crippen molar-refractivity contribution in [1.82, 2.24) is 4.72 Å². The van der Waals surface area contributed by atoms with Crippen LogP contribution in [0.4, 0.5) is 0 Å². The van der Waals surface area contributed by atoms with E-state index in [2.05, 4.69) is 59.3 Å². The molecule has 0 radical (unpaired) electrons. The number of nitrogens with two attached hydrogens (primary N) is 1. The maximum atomic E-state index is 13.6. The van der Waals surface area contributed by atoms with Gasteiger partial charge in [-0.05, 0) is 98.2 Å². The van der Waals surface area contributed by atoms with E-state index in [9.17, 15) is 27.9 Å². The first-order valence-electron chi connectivity index (χ1n) is 19.7. The number of esters is 2. The van der Waals surface area contributed by atoms with E-state index in [-0.39, 0.29) is 40.9 Å². The van der Waals surface area contributed by atoms with Gasteiger partial charge >= 0.3 is 17.9 Å². The van der Waals surface area contributed by atoms with Gasteiger partial charge in [0.2, 0.25) is 10.0 Å². The second-order valence-electron chi connectivity index (χ2n) is 18.5. The molecule has 1 unspecified atom stereocenters. The smallest absolute Gasteiger partial charge is 0.323 e. The van der Waals surface area contributed by atoms with Crippen molar-refractivity contribution in [2.24, 2.45) is 62.4 Å². The van der Waals surface area contributed by atoms with Gasteiger partial charge in [0.25, 0.3) is 0 Å². The minimum atomic E-state index is -3.29. The number of aliphatic carboxylic acids is 1. The standard InChI is InChI=1S/C40H66N2O9S/c1-10-52(47,48)42-20-12-11-13-29(41)35(46)51-33-30(50-26(5)43)21-40-23-49-22-37(33,7)31(40)15-14-27-28(40)16-17-39(9)32(34(44)45)36(6,25(4)24(2)3)18-19-38(27,39)8/h16,24-25,27,29-33,42H,10-15,17-23,41H2,1-9H3,(H,44,45)/t25-,27+,29?,30-,31+,32-,33+,36-,37-,38-,39+,40-/m1/s1. The van der Waals surface area contributed by atoms with Crippen LogP contribution in [-0.2, 0) is 38.6 Å². The molecule has 1 heterocycles. The minimum absolute atomic E-state index is 0.00753. The molecule has 1 saturated heterocycles. The maximum absolute atomic E-state index is 13.6. The molecule has 4 N–H and O–H groups in total. The molecule has 0 aromatic carbocycles. The first-order chi connectivity index (χ1) is 24.1. The number of carboxylic acid groups (broad SMARTS) is 1. The molecule has 1 aliphatic heterocycles. The predicted octanol–water partition coefficient (Wildman–Crippen LogP) is 5.86. The van der Waals surface area contributed by atoms with Crippen LogP contribution in [0, 0.1) is 56.7 Å². The van der Waals surface area contributed by atoms with E-state index >= 15 is 0 Å². The third kappa shape index (κ3) is 6.67. The molecule has 4 aliphatic carbocycles. The van der Waals surface area contributed by atoms with Gasteiger partial charge in [-0.15, -0.1) is 0 Å². The zero-order valence-electron chi connectivity index (χ0n) is 33.1. The number of hydrogen-bond acceptors (Lipinski definition) is 9. The summed E-state index contributed by atoms with van der Waals surface area (Å²) >= 11 is 0. The van der Waals surface area contributed by atoms with Crippen LogP contribution in [0.1, 0.15) is 120 Å². The number of hydrogen-bond donors (Lipinski definition) is 3. The Morgan fingerprint density at radius 1 is 1.04 bits per heavy atom. The Bertz CT molecular complexity index is 1530. The topological polar surface area (TPSA) is 171 Å². The summed E-state index contributed by atoms with van der Waals surface area (Å²) in [6, 6.07) is -0.910. The van der Waals surface area contributed by atoms with Gasteiger partial charge in [0.15, 0.2) is 0 Å². The second kappa shape index (κ2) is 14.6. The quantitative estimate of drug-likeness (QED) is 0.118. The zero-order chi connectivity index (χ0) is 38.7. The molecule has 0 aromatic heterocycles. The second-order valence-corrected chi connectivity index (χ2v) is 20.6. The van der Waals surface area contributed by atoms with Gasteiger partial charge in [-0.25, -0.2) is 13.1 Å². The average molecular weight is 751 g/mol. The summed E-state index contributed by atoms with van der Waals surface area (Å²) in [6.07, 6.45) is 6.98. The zero-order valence-corrected chi connectivity index (χ0v) is 33.9. The Hall–Kier alpha value is -2.02. The monoisotopic (exact) mass is 750 g/mol. The van der Waals surface area contributed by atoms with E-state index in [1.54, 1.807) is 6.92 Å². The van der Waals surface area contributed by atoms with Crippen molar-refractivity contribution >= 4 is 27.9 Å². The Labute approximate surface area is 312 Å². The number of nitrogens with one attached hydrogen (secondary N) is 1. The van der Waals surface area contributed by atoms with Crippen molar-refractivity contribution < 1.29 is 42.1 Å².